The maximum atomic E-state index is 14.1. The minimum atomic E-state index is -0.963. The molecule has 2 aromatic heterocycles. The van der Waals surface area contributed by atoms with Gasteiger partial charge >= 0.3 is 11.9 Å². The summed E-state index contributed by atoms with van der Waals surface area (Å²) in [6.45, 7) is 4.65. The van der Waals surface area contributed by atoms with Crippen molar-refractivity contribution in [3.8, 4) is 11.1 Å². The first kappa shape index (κ1) is 35.3. The average Bonchev–Trinajstić information content (AvgIpc) is 3.73. The Bertz CT molecular complexity index is 2470. The van der Waals surface area contributed by atoms with Gasteiger partial charge in [-0.05, 0) is 84.0 Å². The maximum Gasteiger partial charge on any atom is 0.336 e. The summed E-state index contributed by atoms with van der Waals surface area (Å²) < 4.78 is 3.09. The summed E-state index contributed by atoms with van der Waals surface area (Å²) >= 11 is 1.55. The van der Waals surface area contributed by atoms with Crippen LogP contribution in [0, 0.1) is 6.92 Å². The van der Waals surface area contributed by atoms with Crippen molar-refractivity contribution in [2.45, 2.75) is 52.1 Å². The number of carboxylic acids is 2. The summed E-state index contributed by atoms with van der Waals surface area (Å²) in [4.78, 5) is 43.9. The molecule has 7 aromatic rings. The number of rotatable bonds is 13. The Morgan fingerprint density at radius 2 is 1.51 bits per heavy atom. The highest BCUT2D eigenvalue weighted by Crippen LogP contribution is 2.31. The summed E-state index contributed by atoms with van der Waals surface area (Å²) in [5, 5.41) is 23.5. The average molecular weight is 722 g/mol. The highest BCUT2D eigenvalue weighted by molar-refractivity contribution is 7.19. The zero-order valence-electron chi connectivity index (χ0n) is 29.5. The Kier molecular flexibility index (Phi) is 10.2. The molecule has 5 aromatic carbocycles. The zero-order chi connectivity index (χ0) is 37.1. The lowest BCUT2D eigenvalue weighted by atomic mass is 9.98. The number of hydrogen-bond donors (Lipinski definition) is 3. The van der Waals surface area contributed by atoms with Crippen molar-refractivity contribution in [1.82, 2.24) is 14.9 Å². The molecule has 0 radical (unpaired) electrons. The largest absolute Gasteiger partial charge is 0.478 e. The molecule has 1 atom stereocenters. The number of nitrogens with zero attached hydrogens (tertiary/aromatic N) is 2. The van der Waals surface area contributed by atoms with E-state index >= 15 is 0 Å². The molecular weight excluding hydrogens is 683 g/mol. The van der Waals surface area contributed by atoms with Crippen LogP contribution in [0.15, 0.2) is 115 Å². The first-order chi connectivity index (χ1) is 25.7. The molecule has 1 amide bonds. The van der Waals surface area contributed by atoms with E-state index in [1.807, 2.05) is 97.9 Å². The number of aryl methyl sites for hydroxylation is 2. The molecular formula is C44H39N3O5S. The molecule has 0 saturated carbocycles. The third-order valence-corrected chi connectivity index (χ3v) is 10.7. The SMILES string of the molecule is CCCc1nc2c(C)cc(C(=O)N[C@H](Cc3ccccc3)Cc3cc4c(C(=O)O)cccc4s3)cc2n1Cc1ccc(-c2ccccc2C(=O)O)cc1. The predicted molar refractivity (Wildman–Crippen MR) is 210 cm³/mol. The van der Waals surface area contributed by atoms with Gasteiger partial charge in [0.2, 0.25) is 0 Å². The van der Waals surface area contributed by atoms with E-state index in [4.69, 9.17) is 4.98 Å². The molecule has 0 aliphatic heterocycles. The van der Waals surface area contributed by atoms with Gasteiger partial charge in [0.25, 0.3) is 5.91 Å². The fraction of sp³-hybridized carbons (Fsp3) is 0.182. The normalized spacial score (nSPS) is 11.9. The van der Waals surface area contributed by atoms with Crippen LogP contribution in [0.5, 0.6) is 0 Å². The Balaban J connectivity index is 1.19. The molecule has 0 saturated heterocycles. The highest BCUT2D eigenvalue weighted by Gasteiger charge is 2.21. The first-order valence-corrected chi connectivity index (χ1v) is 18.5. The fourth-order valence-electron chi connectivity index (χ4n) is 7.04. The van der Waals surface area contributed by atoms with Crippen molar-refractivity contribution in [2.24, 2.45) is 0 Å². The molecule has 0 unspecified atom stereocenters. The summed E-state index contributed by atoms with van der Waals surface area (Å²) in [5.74, 6) is -1.17. The highest BCUT2D eigenvalue weighted by atomic mass is 32.1. The minimum Gasteiger partial charge on any atom is -0.478 e. The Hall–Kier alpha value is -6.06. The van der Waals surface area contributed by atoms with Gasteiger partial charge in [0.15, 0.2) is 0 Å². The van der Waals surface area contributed by atoms with E-state index < -0.39 is 11.9 Å². The van der Waals surface area contributed by atoms with Gasteiger partial charge in [-0.1, -0.05) is 85.8 Å². The molecule has 0 aliphatic rings. The summed E-state index contributed by atoms with van der Waals surface area (Å²) in [5.41, 5.74) is 7.35. The van der Waals surface area contributed by atoms with E-state index in [1.54, 1.807) is 35.6 Å². The Morgan fingerprint density at radius 1 is 0.792 bits per heavy atom. The molecule has 0 spiro atoms. The lowest BCUT2D eigenvalue weighted by Crippen LogP contribution is -2.38. The molecule has 9 heteroatoms. The number of carbonyl (C=O) groups is 3. The van der Waals surface area contributed by atoms with Crippen LogP contribution in [0.4, 0.5) is 0 Å². The van der Waals surface area contributed by atoms with Crippen LogP contribution in [-0.2, 0) is 25.8 Å². The van der Waals surface area contributed by atoms with Gasteiger partial charge in [0.05, 0.1) is 22.2 Å². The quantitative estimate of drug-likeness (QED) is 0.109. The fourth-order valence-corrected chi connectivity index (χ4v) is 8.21. The minimum absolute atomic E-state index is 0.186. The van der Waals surface area contributed by atoms with Gasteiger partial charge < -0.3 is 20.1 Å². The van der Waals surface area contributed by atoms with E-state index in [2.05, 4.69) is 16.8 Å². The van der Waals surface area contributed by atoms with Crippen molar-refractivity contribution < 1.29 is 24.6 Å². The van der Waals surface area contributed by atoms with Gasteiger partial charge in [-0.2, -0.15) is 0 Å². The molecule has 0 aliphatic carbocycles. The smallest absolute Gasteiger partial charge is 0.336 e. The maximum absolute atomic E-state index is 14.1. The molecule has 8 nitrogen and oxygen atoms in total. The van der Waals surface area contributed by atoms with Crippen LogP contribution >= 0.6 is 11.3 Å². The second-order valence-corrected chi connectivity index (χ2v) is 14.5. The van der Waals surface area contributed by atoms with Crippen molar-refractivity contribution in [3.63, 3.8) is 0 Å². The van der Waals surface area contributed by atoms with Crippen LogP contribution in [-0.4, -0.2) is 43.7 Å². The predicted octanol–water partition coefficient (Wildman–Crippen LogP) is 9.21. The molecule has 266 valence electrons. The van der Waals surface area contributed by atoms with Crippen molar-refractivity contribution in [2.75, 3.05) is 0 Å². The second kappa shape index (κ2) is 15.3. The van der Waals surface area contributed by atoms with E-state index in [9.17, 15) is 24.6 Å². The van der Waals surface area contributed by atoms with Crippen LogP contribution in [0.1, 0.15) is 71.8 Å². The van der Waals surface area contributed by atoms with Crippen molar-refractivity contribution in [1.29, 1.82) is 0 Å². The van der Waals surface area contributed by atoms with E-state index in [0.29, 0.717) is 35.9 Å². The number of hydrogen-bond acceptors (Lipinski definition) is 5. The second-order valence-electron chi connectivity index (χ2n) is 13.4. The number of amides is 1. The van der Waals surface area contributed by atoms with Crippen molar-refractivity contribution >= 4 is 50.3 Å². The lowest BCUT2D eigenvalue weighted by Gasteiger charge is -2.19. The number of thiophene rings is 1. The third-order valence-electron chi connectivity index (χ3n) is 9.57. The molecule has 7 rings (SSSR count). The number of nitrogens with one attached hydrogen (secondary N) is 1. The number of carboxylic acid groups (broad SMARTS) is 2. The Morgan fingerprint density at radius 3 is 2.25 bits per heavy atom. The molecule has 0 fully saturated rings. The van der Waals surface area contributed by atoms with Crippen LogP contribution in [0.3, 0.4) is 0 Å². The number of carbonyl (C=O) groups excluding carboxylic acids is 1. The Labute approximate surface area is 311 Å². The standard InChI is InChI=1S/C44H39N3O5S/c1-3-10-40-46-41-27(2)21-31(23-38(41)47(40)26-29-17-19-30(20-18-29)34-13-7-8-14-35(34)43(49)50)42(48)45-32(22-28-11-5-4-6-12-28)24-33-25-37-36(44(51)52)15-9-16-39(37)53-33/h4-9,11-21,23,25,32H,3,10,22,24,26H2,1-2H3,(H,45,48)(H,49,50)(H,51,52)/t32-/m1/s1. The van der Waals surface area contributed by atoms with Gasteiger partial charge in [-0.25, -0.2) is 14.6 Å². The first-order valence-electron chi connectivity index (χ1n) is 17.7. The summed E-state index contributed by atoms with van der Waals surface area (Å²) in [6.07, 6.45) is 2.84. The molecule has 0 bridgehead atoms. The van der Waals surface area contributed by atoms with Crippen molar-refractivity contribution in [3.05, 3.63) is 159 Å². The van der Waals surface area contributed by atoms with E-state index in [-0.39, 0.29) is 23.1 Å². The number of benzene rings is 5. The van der Waals surface area contributed by atoms with E-state index in [1.165, 1.54) is 0 Å². The number of aromatic nitrogens is 2. The van der Waals surface area contributed by atoms with Crippen LogP contribution in [0.25, 0.3) is 32.2 Å². The van der Waals surface area contributed by atoms with Crippen LogP contribution < -0.4 is 5.32 Å². The topological polar surface area (TPSA) is 122 Å². The summed E-state index contributed by atoms with van der Waals surface area (Å²) in [7, 11) is 0. The van der Waals surface area contributed by atoms with E-state index in [0.717, 1.165) is 61.5 Å². The number of imidazole rings is 1. The van der Waals surface area contributed by atoms with Gasteiger partial charge in [-0.15, -0.1) is 11.3 Å². The lowest BCUT2D eigenvalue weighted by molar-refractivity contribution is 0.0687. The molecule has 3 N–H and O–H groups in total. The molecule has 2 heterocycles. The number of fused-ring (bicyclic) bond motifs is 2. The summed E-state index contributed by atoms with van der Waals surface area (Å²) in [6, 6.07) is 35.8. The third kappa shape index (κ3) is 7.61. The van der Waals surface area contributed by atoms with Gasteiger partial charge in [0.1, 0.15) is 5.82 Å². The monoisotopic (exact) mass is 721 g/mol. The van der Waals surface area contributed by atoms with Gasteiger partial charge in [-0.3, -0.25) is 4.79 Å². The zero-order valence-corrected chi connectivity index (χ0v) is 30.3. The van der Waals surface area contributed by atoms with Gasteiger partial charge in [0, 0.05) is 46.0 Å². The molecule has 53 heavy (non-hydrogen) atoms. The number of aromatic carboxylic acids is 2. The van der Waals surface area contributed by atoms with Crippen LogP contribution in [0.2, 0.25) is 0 Å².